The van der Waals surface area contributed by atoms with Crippen molar-refractivity contribution in [3.05, 3.63) is 24.2 Å². The van der Waals surface area contributed by atoms with Gasteiger partial charge in [0.15, 0.2) is 10.8 Å². The molecular formula is C15H18N8S. The number of aryl methyl sites for hydroxylation is 1. The molecule has 0 atom stereocenters. The molecule has 4 aromatic heterocycles. The molecule has 0 radical (unpaired) electrons. The van der Waals surface area contributed by atoms with Crippen LogP contribution in [0.5, 0.6) is 0 Å². The molecule has 124 valence electrons. The van der Waals surface area contributed by atoms with Gasteiger partial charge in [-0.25, -0.2) is 0 Å². The molecule has 8 nitrogen and oxygen atoms in total. The Bertz CT molecular complexity index is 996. The number of aromatic nitrogens is 8. The predicted octanol–water partition coefficient (Wildman–Crippen LogP) is 2.76. The molecule has 0 aliphatic heterocycles. The van der Waals surface area contributed by atoms with E-state index < -0.39 is 0 Å². The van der Waals surface area contributed by atoms with Crippen molar-refractivity contribution in [3.63, 3.8) is 0 Å². The van der Waals surface area contributed by atoms with Gasteiger partial charge in [-0.05, 0) is 13.0 Å². The summed E-state index contributed by atoms with van der Waals surface area (Å²) < 4.78 is 3.61. The van der Waals surface area contributed by atoms with Crippen LogP contribution in [0.4, 0.5) is 0 Å². The van der Waals surface area contributed by atoms with Gasteiger partial charge in [0, 0.05) is 23.9 Å². The lowest BCUT2D eigenvalue weighted by Gasteiger charge is -2.14. The molecule has 0 aromatic carbocycles. The highest BCUT2D eigenvalue weighted by Crippen LogP contribution is 2.29. The number of aromatic amines is 1. The number of hydrogen-bond acceptors (Lipinski definition) is 6. The van der Waals surface area contributed by atoms with Crippen molar-refractivity contribution in [2.45, 2.75) is 39.7 Å². The Morgan fingerprint density at radius 1 is 1.25 bits per heavy atom. The average molecular weight is 342 g/mol. The first-order chi connectivity index (χ1) is 11.5. The first-order valence-electron chi connectivity index (χ1n) is 7.77. The normalized spacial score (nSPS) is 12.3. The lowest BCUT2D eigenvalue weighted by atomic mass is 9.92. The second-order valence-electron chi connectivity index (χ2n) is 6.63. The van der Waals surface area contributed by atoms with Crippen LogP contribution in [0.1, 0.15) is 33.4 Å². The van der Waals surface area contributed by atoms with Gasteiger partial charge in [-0.3, -0.25) is 9.78 Å². The predicted molar refractivity (Wildman–Crippen MR) is 91.8 cm³/mol. The number of nitrogens with one attached hydrogen (secondary N) is 1. The third-order valence-electron chi connectivity index (χ3n) is 3.81. The van der Waals surface area contributed by atoms with E-state index in [-0.39, 0.29) is 5.41 Å². The summed E-state index contributed by atoms with van der Waals surface area (Å²) in [6.45, 7) is 9.29. The molecule has 0 aliphatic carbocycles. The third-order valence-corrected chi connectivity index (χ3v) is 4.73. The van der Waals surface area contributed by atoms with Crippen LogP contribution in [0.2, 0.25) is 0 Å². The molecule has 0 fully saturated rings. The second-order valence-corrected chi connectivity index (χ2v) is 7.58. The summed E-state index contributed by atoms with van der Waals surface area (Å²) in [5, 5.41) is 25.7. The van der Waals surface area contributed by atoms with Crippen LogP contribution in [-0.4, -0.2) is 39.8 Å². The molecule has 4 rings (SSSR count). The minimum atomic E-state index is 0.0180. The molecule has 1 N–H and O–H groups in total. The summed E-state index contributed by atoms with van der Waals surface area (Å²) in [5.74, 6) is 0.693. The summed E-state index contributed by atoms with van der Waals surface area (Å²) in [7, 11) is 0. The maximum Gasteiger partial charge on any atom is 0.235 e. The molecule has 4 aromatic rings. The highest BCUT2D eigenvalue weighted by atomic mass is 32.1. The van der Waals surface area contributed by atoms with Crippen LogP contribution in [0.3, 0.4) is 0 Å². The maximum absolute atomic E-state index is 4.64. The zero-order valence-electron chi connectivity index (χ0n) is 14.0. The van der Waals surface area contributed by atoms with Gasteiger partial charge in [0.25, 0.3) is 0 Å². The number of hydrogen-bond donors (Lipinski definition) is 1. The van der Waals surface area contributed by atoms with E-state index in [2.05, 4.69) is 51.4 Å². The number of rotatable bonds is 3. The zero-order valence-corrected chi connectivity index (χ0v) is 14.8. The fourth-order valence-electron chi connectivity index (χ4n) is 2.37. The Balaban J connectivity index is 1.75. The van der Waals surface area contributed by atoms with Crippen LogP contribution >= 0.6 is 11.3 Å². The van der Waals surface area contributed by atoms with Crippen molar-refractivity contribution in [1.82, 2.24) is 39.8 Å². The van der Waals surface area contributed by atoms with E-state index in [1.165, 1.54) is 11.3 Å². The molecule has 0 spiro atoms. The SMILES string of the molecule is CCn1cc(-c2nnc3sc(-c4cc(C(C)(C)C)[nH]n4)nn23)cn1. The molecule has 24 heavy (non-hydrogen) atoms. The van der Waals surface area contributed by atoms with Crippen molar-refractivity contribution >= 4 is 16.3 Å². The van der Waals surface area contributed by atoms with Crippen molar-refractivity contribution in [3.8, 4) is 22.1 Å². The highest BCUT2D eigenvalue weighted by molar-refractivity contribution is 7.19. The number of nitrogens with zero attached hydrogens (tertiary/aromatic N) is 7. The van der Waals surface area contributed by atoms with Crippen molar-refractivity contribution in [2.24, 2.45) is 0 Å². The molecular weight excluding hydrogens is 324 g/mol. The summed E-state index contributed by atoms with van der Waals surface area (Å²) in [6.07, 6.45) is 3.73. The van der Waals surface area contributed by atoms with Crippen LogP contribution < -0.4 is 0 Å². The van der Waals surface area contributed by atoms with Crippen LogP contribution in [0.25, 0.3) is 27.1 Å². The quantitative estimate of drug-likeness (QED) is 0.618. The largest absolute Gasteiger partial charge is 0.281 e. The smallest absolute Gasteiger partial charge is 0.235 e. The summed E-state index contributed by atoms with van der Waals surface area (Å²) >= 11 is 1.47. The number of H-pyrrole nitrogens is 1. The third kappa shape index (κ3) is 2.41. The molecule has 9 heteroatoms. The van der Waals surface area contributed by atoms with E-state index in [9.17, 15) is 0 Å². The van der Waals surface area contributed by atoms with Crippen molar-refractivity contribution in [1.29, 1.82) is 0 Å². The average Bonchev–Trinajstić information content (AvgIpc) is 3.27. The Kier molecular flexibility index (Phi) is 3.27. The van der Waals surface area contributed by atoms with E-state index in [1.807, 2.05) is 23.9 Å². The van der Waals surface area contributed by atoms with Crippen LogP contribution in [0, 0.1) is 0 Å². The minimum Gasteiger partial charge on any atom is -0.281 e. The molecule has 4 heterocycles. The van der Waals surface area contributed by atoms with Crippen LogP contribution in [-0.2, 0) is 12.0 Å². The highest BCUT2D eigenvalue weighted by Gasteiger charge is 2.20. The molecule has 0 unspecified atom stereocenters. The second kappa shape index (κ2) is 5.23. The van der Waals surface area contributed by atoms with Crippen molar-refractivity contribution < 1.29 is 0 Å². The molecule has 0 saturated heterocycles. The fourth-order valence-corrected chi connectivity index (χ4v) is 3.17. The van der Waals surface area contributed by atoms with Gasteiger partial charge >= 0.3 is 0 Å². The standard InChI is InChI=1S/C15H18N8S/c1-5-22-8-9(7-16-22)12-19-20-14-23(12)21-13(24-14)10-6-11(18-17-10)15(2,3)4/h6-8H,5H2,1-4H3,(H,17,18). The van der Waals surface area contributed by atoms with Gasteiger partial charge in [0.05, 0.1) is 11.8 Å². The Morgan fingerprint density at radius 2 is 2.08 bits per heavy atom. The summed E-state index contributed by atoms with van der Waals surface area (Å²) in [5.41, 5.74) is 2.82. The van der Waals surface area contributed by atoms with Crippen molar-refractivity contribution in [2.75, 3.05) is 0 Å². The van der Waals surface area contributed by atoms with Gasteiger partial charge in [0.1, 0.15) is 5.69 Å². The van der Waals surface area contributed by atoms with Gasteiger partial charge in [0.2, 0.25) is 4.96 Å². The first kappa shape index (κ1) is 15.0. The first-order valence-corrected chi connectivity index (χ1v) is 8.58. The molecule has 0 saturated carbocycles. The lowest BCUT2D eigenvalue weighted by molar-refractivity contribution is 0.567. The Morgan fingerprint density at radius 3 is 2.75 bits per heavy atom. The Hall–Kier alpha value is -2.55. The topological polar surface area (TPSA) is 89.6 Å². The van der Waals surface area contributed by atoms with E-state index in [0.29, 0.717) is 5.82 Å². The maximum atomic E-state index is 4.64. The van der Waals surface area contributed by atoms with E-state index in [4.69, 9.17) is 0 Å². The Labute approximate surface area is 142 Å². The van der Waals surface area contributed by atoms with Gasteiger partial charge in [-0.1, -0.05) is 32.1 Å². The van der Waals surface area contributed by atoms with Gasteiger partial charge in [-0.2, -0.15) is 19.8 Å². The fraction of sp³-hybridized carbons (Fsp3) is 0.400. The monoisotopic (exact) mass is 342 g/mol. The number of fused-ring (bicyclic) bond motifs is 1. The summed E-state index contributed by atoms with van der Waals surface area (Å²) in [6, 6.07) is 2.04. The van der Waals surface area contributed by atoms with E-state index in [1.54, 1.807) is 10.7 Å². The van der Waals surface area contributed by atoms with E-state index in [0.717, 1.165) is 33.5 Å². The lowest BCUT2D eigenvalue weighted by Crippen LogP contribution is -2.11. The molecule has 0 bridgehead atoms. The van der Waals surface area contributed by atoms with Crippen LogP contribution in [0.15, 0.2) is 18.5 Å². The molecule has 0 amide bonds. The van der Waals surface area contributed by atoms with E-state index >= 15 is 0 Å². The summed E-state index contributed by atoms with van der Waals surface area (Å²) in [4.78, 5) is 0.740. The molecule has 0 aliphatic rings. The van der Waals surface area contributed by atoms with Gasteiger partial charge in [-0.15, -0.1) is 10.2 Å². The minimum absolute atomic E-state index is 0.0180. The zero-order chi connectivity index (χ0) is 16.9. The van der Waals surface area contributed by atoms with Gasteiger partial charge < -0.3 is 0 Å².